The smallest absolute Gasteiger partial charge is 0.0351 e. The molecule has 1 nitrogen and oxygen atoms in total. The van der Waals surface area contributed by atoms with E-state index >= 15 is 0 Å². The molecule has 0 aliphatic heterocycles. The summed E-state index contributed by atoms with van der Waals surface area (Å²) in [6, 6.07) is 4.48. The van der Waals surface area contributed by atoms with Gasteiger partial charge in [0.15, 0.2) is 0 Å². The van der Waals surface area contributed by atoms with E-state index in [9.17, 15) is 0 Å². The average molecular weight is 274 g/mol. The number of hydrogen-bond acceptors (Lipinski definition) is 1. The van der Waals surface area contributed by atoms with Crippen LogP contribution >= 0.6 is 23.2 Å². The first-order valence-corrected chi connectivity index (χ1v) is 7.06. The molecule has 0 spiro atoms. The van der Waals surface area contributed by atoms with Crippen LogP contribution in [0.4, 0.5) is 0 Å². The summed E-state index contributed by atoms with van der Waals surface area (Å²) in [4.78, 5) is 2.31. The fourth-order valence-corrected chi connectivity index (χ4v) is 2.67. The minimum Gasteiger partial charge on any atom is -0.297 e. The molecule has 96 valence electrons. The van der Waals surface area contributed by atoms with E-state index in [1.54, 1.807) is 0 Å². The molecule has 0 heterocycles. The zero-order valence-electron chi connectivity index (χ0n) is 10.9. The number of hydrogen-bond donors (Lipinski definition) is 0. The van der Waals surface area contributed by atoms with Crippen LogP contribution in [0.3, 0.4) is 0 Å². The molecule has 0 unspecified atom stereocenters. The Hall–Kier alpha value is -0.240. The second-order valence-electron chi connectivity index (χ2n) is 4.53. The molecule has 0 aliphatic rings. The third-order valence-electron chi connectivity index (χ3n) is 3.02. The summed E-state index contributed by atoms with van der Waals surface area (Å²) in [7, 11) is 0. The molecular formula is C14H21Cl2N. The van der Waals surface area contributed by atoms with Crippen molar-refractivity contribution in [3.05, 3.63) is 34.4 Å². The van der Waals surface area contributed by atoms with Crippen LogP contribution in [0.2, 0.25) is 0 Å². The van der Waals surface area contributed by atoms with Crippen LogP contribution in [-0.4, -0.2) is 29.7 Å². The Bertz CT molecular complexity index is 334. The molecule has 3 heteroatoms. The summed E-state index contributed by atoms with van der Waals surface area (Å²) in [6.45, 7) is 9.21. The second kappa shape index (κ2) is 7.25. The Morgan fingerprint density at radius 3 is 1.82 bits per heavy atom. The van der Waals surface area contributed by atoms with Crippen molar-refractivity contribution in [1.29, 1.82) is 0 Å². The minimum atomic E-state index is 0.654. The summed E-state index contributed by atoms with van der Waals surface area (Å²) >= 11 is 11.6. The fraction of sp³-hybridized carbons (Fsp3) is 0.571. The van der Waals surface area contributed by atoms with Gasteiger partial charge in [-0.05, 0) is 37.5 Å². The Balaban J connectivity index is 2.84. The lowest BCUT2D eigenvalue weighted by molar-refractivity contribution is 0.298. The third kappa shape index (κ3) is 4.50. The number of rotatable bonds is 6. The van der Waals surface area contributed by atoms with Crippen LogP contribution in [0.25, 0.3) is 0 Å². The molecule has 0 saturated heterocycles. The van der Waals surface area contributed by atoms with Crippen LogP contribution in [0.1, 0.15) is 22.3 Å². The normalized spacial score (nSPS) is 11.2. The van der Waals surface area contributed by atoms with E-state index in [4.69, 9.17) is 23.2 Å². The van der Waals surface area contributed by atoms with Crippen molar-refractivity contribution in [2.75, 3.05) is 24.8 Å². The Labute approximate surface area is 115 Å². The monoisotopic (exact) mass is 273 g/mol. The maximum atomic E-state index is 5.82. The van der Waals surface area contributed by atoms with E-state index < -0.39 is 0 Å². The van der Waals surface area contributed by atoms with Gasteiger partial charge >= 0.3 is 0 Å². The van der Waals surface area contributed by atoms with Crippen molar-refractivity contribution in [3.63, 3.8) is 0 Å². The van der Waals surface area contributed by atoms with Gasteiger partial charge in [-0.15, -0.1) is 23.2 Å². The van der Waals surface area contributed by atoms with E-state index in [0.717, 1.165) is 19.6 Å². The molecule has 0 saturated carbocycles. The zero-order chi connectivity index (χ0) is 12.8. The van der Waals surface area contributed by atoms with Crippen molar-refractivity contribution in [1.82, 2.24) is 4.90 Å². The van der Waals surface area contributed by atoms with E-state index in [2.05, 4.69) is 37.8 Å². The zero-order valence-corrected chi connectivity index (χ0v) is 12.4. The van der Waals surface area contributed by atoms with Crippen LogP contribution in [0.5, 0.6) is 0 Å². The molecule has 0 bridgehead atoms. The predicted molar refractivity (Wildman–Crippen MR) is 77.4 cm³/mol. The molecule has 1 aromatic carbocycles. The highest BCUT2D eigenvalue weighted by Crippen LogP contribution is 2.18. The Morgan fingerprint density at radius 1 is 0.941 bits per heavy atom. The molecule has 0 radical (unpaired) electrons. The molecule has 0 fully saturated rings. The topological polar surface area (TPSA) is 3.24 Å². The summed E-state index contributed by atoms with van der Waals surface area (Å²) in [5, 5.41) is 0. The number of alkyl halides is 2. The summed E-state index contributed by atoms with van der Waals surface area (Å²) in [5.74, 6) is 1.31. The lowest BCUT2D eigenvalue weighted by Crippen LogP contribution is -2.28. The van der Waals surface area contributed by atoms with Gasteiger partial charge in [0.05, 0.1) is 0 Å². The first-order chi connectivity index (χ1) is 8.08. The quantitative estimate of drug-likeness (QED) is 0.711. The van der Waals surface area contributed by atoms with Gasteiger partial charge in [-0.2, -0.15) is 0 Å². The van der Waals surface area contributed by atoms with Crippen molar-refractivity contribution in [2.24, 2.45) is 0 Å². The highest BCUT2D eigenvalue weighted by atomic mass is 35.5. The van der Waals surface area contributed by atoms with Crippen molar-refractivity contribution in [3.8, 4) is 0 Å². The van der Waals surface area contributed by atoms with Gasteiger partial charge in [0, 0.05) is 31.4 Å². The van der Waals surface area contributed by atoms with Crippen LogP contribution in [-0.2, 0) is 6.54 Å². The maximum absolute atomic E-state index is 5.82. The van der Waals surface area contributed by atoms with Crippen molar-refractivity contribution < 1.29 is 0 Å². The van der Waals surface area contributed by atoms with Gasteiger partial charge in [0.1, 0.15) is 0 Å². The third-order valence-corrected chi connectivity index (χ3v) is 3.36. The van der Waals surface area contributed by atoms with Gasteiger partial charge in [0.25, 0.3) is 0 Å². The van der Waals surface area contributed by atoms with E-state index in [1.807, 2.05) is 0 Å². The van der Waals surface area contributed by atoms with Gasteiger partial charge in [-0.3, -0.25) is 4.90 Å². The van der Waals surface area contributed by atoms with E-state index in [1.165, 1.54) is 22.3 Å². The van der Waals surface area contributed by atoms with E-state index in [-0.39, 0.29) is 0 Å². The van der Waals surface area contributed by atoms with Gasteiger partial charge in [-0.25, -0.2) is 0 Å². The van der Waals surface area contributed by atoms with Crippen LogP contribution in [0.15, 0.2) is 12.1 Å². The predicted octanol–water partition coefficient (Wildman–Crippen LogP) is 3.89. The molecule has 1 aromatic rings. The molecule has 0 N–H and O–H groups in total. The number of nitrogens with zero attached hydrogens (tertiary/aromatic N) is 1. The van der Waals surface area contributed by atoms with Gasteiger partial charge < -0.3 is 0 Å². The highest BCUT2D eigenvalue weighted by molar-refractivity contribution is 6.18. The molecule has 17 heavy (non-hydrogen) atoms. The Morgan fingerprint density at radius 2 is 1.41 bits per heavy atom. The maximum Gasteiger partial charge on any atom is 0.0351 e. The molecule has 0 atom stereocenters. The average Bonchev–Trinajstić information content (AvgIpc) is 2.23. The lowest BCUT2D eigenvalue weighted by Gasteiger charge is -2.22. The molecular weight excluding hydrogens is 253 g/mol. The number of benzene rings is 1. The van der Waals surface area contributed by atoms with Gasteiger partial charge in [-0.1, -0.05) is 17.7 Å². The lowest BCUT2D eigenvalue weighted by atomic mass is 9.99. The SMILES string of the molecule is Cc1cc(C)c(CN(CCCl)CCCl)c(C)c1. The van der Waals surface area contributed by atoms with Crippen molar-refractivity contribution in [2.45, 2.75) is 27.3 Å². The summed E-state index contributed by atoms with van der Waals surface area (Å²) in [5.41, 5.74) is 5.45. The molecule has 0 amide bonds. The van der Waals surface area contributed by atoms with Crippen LogP contribution in [0, 0.1) is 20.8 Å². The molecule has 0 aliphatic carbocycles. The van der Waals surface area contributed by atoms with Gasteiger partial charge in [0.2, 0.25) is 0 Å². The standard InChI is InChI=1S/C14H21Cl2N/c1-11-8-12(2)14(13(3)9-11)10-17(6-4-15)7-5-16/h8-9H,4-7,10H2,1-3H3. The number of halogens is 2. The largest absolute Gasteiger partial charge is 0.297 e. The Kier molecular flexibility index (Phi) is 6.32. The highest BCUT2D eigenvalue weighted by Gasteiger charge is 2.09. The summed E-state index contributed by atoms with van der Waals surface area (Å²) in [6.07, 6.45) is 0. The number of aryl methyl sites for hydroxylation is 3. The molecule has 1 rings (SSSR count). The molecule has 0 aromatic heterocycles. The summed E-state index contributed by atoms with van der Waals surface area (Å²) < 4.78 is 0. The van der Waals surface area contributed by atoms with Crippen LogP contribution < -0.4 is 0 Å². The first-order valence-electron chi connectivity index (χ1n) is 5.99. The minimum absolute atomic E-state index is 0.654. The van der Waals surface area contributed by atoms with E-state index in [0.29, 0.717) is 11.8 Å². The van der Waals surface area contributed by atoms with Crippen molar-refractivity contribution >= 4 is 23.2 Å². The first kappa shape index (κ1) is 14.8. The fourth-order valence-electron chi connectivity index (χ4n) is 2.19. The second-order valence-corrected chi connectivity index (χ2v) is 5.29.